The number of hydrogen-bond donors (Lipinski definition) is 6. The minimum atomic E-state index is -4.49. The van der Waals surface area contributed by atoms with E-state index in [2.05, 4.69) is 64.9 Å². The van der Waals surface area contributed by atoms with Gasteiger partial charge in [-0.1, -0.05) is 54.0 Å². The number of carbonyl (C=O) groups is 2. The average Bonchev–Trinajstić information content (AvgIpc) is 3.18. The molecule has 280 valence electrons. The Kier molecular flexibility index (Phi) is 13.0. The van der Waals surface area contributed by atoms with Gasteiger partial charge in [0.1, 0.15) is 5.75 Å². The highest BCUT2D eigenvalue weighted by Gasteiger charge is 2.30. The lowest BCUT2D eigenvalue weighted by Crippen LogP contribution is -2.19. The minimum Gasteiger partial charge on any atom is -0.495 e. The van der Waals surface area contributed by atoms with Gasteiger partial charge in [-0.3, -0.25) is 0 Å². The molecule has 0 aliphatic heterocycles. The summed E-state index contributed by atoms with van der Waals surface area (Å²) in [5.74, 6) is 12.6. The molecule has 2 heterocycles. The summed E-state index contributed by atoms with van der Waals surface area (Å²) in [4.78, 5) is 39.8. The van der Waals surface area contributed by atoms with Crippen molar-refractivity contribution in [3.8, 4) is 29.4 Å². The van der Waals surface area contributed by atoms with Crippen molar-refractivity contribution in [2.45, 2.75) is 6.18 Å². The average molecular weight is 757 g/mol. The summed E-state index contributed by atoms with van der Waals surface area (Å²) in [6, 6.07) is 24.4. The molecule has 16 heteroatoms. The van der Waals surface area contributed by atoms with E-state index in [1.54, 1.807) is 68.0 Å². The Morgan fingerprint density at radius 1 is 0.571 bits per heavy atom. The number of carbonyl (C=O) groups excluding carboxylic acids is 2. The summed E-state index contributed by atoms with van der Waals surface area (Å²) in [7, 11) is 1.55. The molecule has 56 heavy (non-hydrogen) atoms. The zero-order valence-electron chi connectivity index (χ0n) is 29.3. The Morgan fingerprint density at radius 2 is 1.00 bits per heavy atom. The van der Waals surface area contributed by atoms with Crippen LogP contribution in [0.2, 0.25) is 0 Å². The van der Waals surface area contributed by atoms with Crippen molar-refractivity contribution in [3.05, 3.63) is 150 Å². The number of ether oxygens (including phenoxy) is 1. The first-order valence-electron chi connectivity index (χ1n) is 16.3. The van der Waals surface area contributed by atoms with E-state index in [1.807, 2.05) is 24.3 Å². The third-order valence-electron chi connectivity index (χ3n) is 7.09. The monoisotopic (exact) mass is 756 g/mol. The van der Waals surface area contributed by atoms with Crippen LogP contribution in [0.5, 0.6) is 5.75 Å². The van der Waals surface area contributed by atoms with E-state index in [0.29, 0.717) is 39.5 Å². The van der Waals surface area contributed by atoms with Gasteiger partial charge in [-0.25, -0.2) is 29.5 Å². The molecule has 4 amide bonds. The summed E-state index contributed by atoms with van der Waals surface area (Å²) in [6.07, 6.45) is 1.59. The maximum absolute atomic E-state index is 12.8. The van der Waals surface area contributed by atoms with E-state index >= 15 is 0 Å². The molecule has 2 aromatic heterocycles. The molecule has 4 aromatic carbocycles. The standard InChI is InChI=1S/C20H14F3N5O.C20H17N5O2/c21-20(22,23)15-4-2-6-17(10-15)28-19(29)27-16-5-1-3-13(9-16)7-8-14-11-25-18(24)26-12-14;1-27-18-8-3-2-7-17(18)25-20(26)24-16-6-4-5-14(11-16)9-10-15-12-22-19(21)23-13-15/h1-6,9-12H,(H2,24,25,26)(H2,27,28,29);2-8,11-13H,1H3,(H2,21,22,23)(H2,24,25,26). The van der Waals surface area contributed by atoms with Gasteiger partial charge in [0, 0.05) is 53.0 Å². The number of para-hydroxylation sites is 2. The van der Waals surface area contributed by atoms with Crippen molar-refractivity contribution in [1.29, 1.82) is 0 Å². The number of hydrogen-bond acceptors (Lipinski definition) is 9. The van der Waals surface area contributed by atoms with Crippen molar-refractivity contribution in [3.63, 3.8) is 0 Å². The number of nitrogen functional groups attached to an aromatic ring is 2. The van der Waals surface area contributed by atoms with Crippen LogP contribution in [0.4, 0.5) is 57.4 Å². The number of alkyl halides is 3. The summed E-state index contributed by atoms with van der Waals surface area (Å²) >= 11 is 0. The van der Waals surface area contributed by atoms with E-state index in [1.165, 1.54) is 24.5 Å². The van der Waals surface area contributed by atoms with Gasteiger partial charge in [-0.2, -0.15) is 13.2 Å². The zero-order valence-corrected chi connectivity index (χ0v) is 29.3. The van der Waals surface area contributed by atoms with Crippen molar-refractivity contribution in [1.82, 2.24) is 19.9 Å². The van der Waals surface area contributed by atoms with E-state index in [-0.39, 0.29) is 23.6 Å². The highest BCUT2D eigenvalue weighted by atomic mass is 19.4. The molecular formula is C40H31F3N10O3. The topological polar surface area (TPSA) is 195 Å². The molecule has 0 atom stereocenters. The van der Waals surface area contributed by atoms with Crippen molar-refractivity contribution in [2.75, 3.05) is 39.8 Å². The van der Waals surface area contributed by atoms with Crippen LogP contribution in [0.1, 0.15) is 27.8 Å². The number of rotatable bonds is 5. The fourth-order valence-corrected chi connectivity index (χ4v) is 4.54. The SMILES string of the molecule is COc1ccccc1NC(=O)Nc1cccc(C#Cc2cnc(N)nc2)c1.Nc1ncc(C#Cc2cccc(NC(=O)Nc3cccc(C(F)(F)F)c3)c2)cn1. The van der Waals surface area contributed by atoms with Crippen LogP contribution in [0.25, 0.3) is 0 Å². The van der Waals surface area contributed by atoms with Crippen LogP contribution in [-0.4, -0.2) is 39.1 Å². The number of aromatic nitrogens is 4. The van der Waals surface area contributed by atoms with Gasteiger partial charge in [0.25, 0.3) is 0 Å². The van der Waals surface area contributed by atoms with E-state index in [9.17, 15) is 22.8 Å². The summed E-state index contributed by atoms with van der Waals surface area (Å²) in [5, 5.41) is 10.5. The first kappa shape index (κ1) is 39.1. The first-order chi connectivity index (χ1) is 26.9. The van der Waals surface area contributed by atoms with Crippen LogP contribution < -0.4 is 37.5 Å². The maximum Gasteiger partial charge on any atom is 0.416 e. The summed E-state index contributed by atoms with van der Waals surface area (Å²) < 4.78 is 43.5. The van der Waals surface area contributed by atoms with Crippen LogP contribution >= 0.6 is 0 Å². The number of urea groups is 2. The maximum atomic E-state index is 12.8. The Hall–Kier alpha value is -8.11. The third kappa shape index (κ3) is 12.2. The summed E-state index contributed by atoms with van der Waals surface area (Å²) in [5.41, 5.74) is 14.2. The van der Waals surface area contributed by atoms with Crippen molar-refractivity contribution < 1.29 is 27.5 Å². The van der Waals surface area contributed by atoms with E-state index < -0.39 is 17.8 Å². The molecule has 6 rings (SSSR count). The molecule has 0 bridgehead atoms. The second kappa shape index (κ2) is 18.6. The quantitative estimate of drug-likeness (QED) is 0.0984. The summed E-state index contributed by atoms with van der Waals surface area (Å²) in [6.45, 7) is 0. The molecule has 0 saturated carbocycles. The number of methoxy groups -OCH3 is 1. The molecule has 8 N–H and O–H groups in total. The largest absolute Gasteiger partial charge is 0.495 e. The minimum absolute atomic E-state index is 0.0246. The van der Waals surface area contributed by atoms with Crippen molar-refractivity contribution in [2.24, 2.45) is 0 Å². The van der Waals surface area contributed by atoms with E-state index in [0.717, 1.165) is 17.7 Å². The highest BCUT2D eigenvalue weighted by Crippen LogP contribution is 2.30. The predicted octanol–water partition coefficient (Wildman–Crippen LogP) is 7.23. The van der Waals surface area contributed by atoms with Gasteiger partial charge in [0.2, 0.25) is 11.9 Å². The second-order valence-electron chi connectivity index (χ2n) is 11.3. The zero-order chi connectivity index (χ0) is 39.9. The normalized spacial score (nSPS) is 10.1. The van der Waals surface area contributed by atoms with Crippen LogP contribution in [-0.2, 0) is 6.18 Å². The lowest BCUT2D eigenvalue weighted by atomic mass is 10.2. The number of halogens is 3. The Morgan fingerprint density at radius 3 is 1.48 bits per heavy atom. The molecule has 13 nitrogen and oxygen atoms in total. The van der Waals surface area contributed by atoms with Crippen LogP contribution in [0.15, 0.2) is 122 Å². The number of nitrogens with zero attached hydrogens (tertiary/aromatic N) is 4. The molecule has 0 fully saturated rings. The smallest absolute Gasteiger partial charge is 0.416 e. The molecule has 0 saturated heterocycles. The van der Waals surface area contributed by atoms with Gasteiger partial charge in [0.05, 0.1) is 29.5 Å². The molecule has 0 aliphatic rings. The Labute approximate surface area is 318 Å². The number of nitrogens with one attached hydrogen (secondary N) is 4. The van der Waals surface area contributed by atoms with Gasteiger partial charge in [-0.15, -0.1) is 0 Å². The van der Waals surface area contributed by atoms with Gasteiger partial charge < -0.3 is 37.5 Å². The number of nitrogens with two attached hydrogens (primary N) is 2. The predicted molar refractivity (Wildman–Crippen MR) is 207 cm³/mol. The first-order valence-corrected chi connectivity index (χ1v) is 16.3. The van der Waals surface area contributed by atoms with Crippen LogP contribution in [0, 0.1) is 23.7 Å². The molecule has 0 spiro atoms. The van der Waals surface area contributed by atoms with Gasteiger partial charge >= 0.3 is 18.2 Å². The molecule has 0 radical (unpaired) electrons. The number of amides is 4. The van der Waals surface area contributed by atoms with E-state index in [4.69, 9.17) is 16.2 Å². The number of anilines is 6. The molecule has 6 aromatic rings. The lowest BCUT2D eigenvalue weighted by molar-refractivity contribution is -0.137. The van der Waals surface area contributed by atoms with Crippen molar-refractivity contribution >= 4 is 46.7 Å². The van der Waals surface area contributed by atoms with Gasteiger partial charge in [0.15, 0.2) is 0 Å². The molecule has 0 unspecified atom stereocenters. The van der Waals surface area contributed by atoms with Gasteiger partial charge in [-0.05, 0) is 66.7 Å². The third-order valence-corrected chi connectivity index (χ3v) is 7.09. The molecular weight excluding hydrogens is 726 g/mol. The van der Waals surface area contributed by atoms with Crippen LogP contribution in [0.3, 0.4) is 0 Å². The Bertz CT molecular complexity index is 2440. The lowest BCUT2D eigenvalue weighted by Gasteiger charge is -2.11. The Balaban J connectivity index is 0.000000215. The highest BCUT2D eigenvalue weighted by molar-refractivity contribution is 6.01. The fourth-order valence-electron chi connectivity index (χ4n) is 4.54. The molecule has 0 aliphatic carbocycles. The second-order valence-corrected chi connectivity index (χ2v) is 11.3. The number of benzene rings is 4. The fraction of sp³-hybridized carbons (Fsp3) is 0.0500.